The second kappa shape index (κ2) is 8.48. The topological polar surface area (TPSA) is 54.2 Å². The monoisotopic (exact) mass is 367 g/mol. The van der Waals surface area contributed by atoms with Gasteiger partial charge in [-0.3, -0.25) is 0 Å². The molecule has 5 nitrogen and oxygen atoms in total. The van der Waals surface area contributed by atoms with Crippen molar-refractivity contribution in [3.8, 4) is 11.1 Å². The van der Waals surface area contributed by atoms with Gasteiger partial charge in [0.15, 0.2) is 5.65 Å². The van der Waals surface area contributed by atoms with Crippen molar-refractivity contribution in [1.82, 2.24) is 19.9 Å². The highest BCUT2D eigenvalue weighted by molar-refractivity contribution is 5.78. The number of rotatable bonds is 0. The standard InChI is InChI=1S/C21H26FN5/c22-19-8-7-16-6-4-2-1-3-5-10-23-11-12-24-20-9-13-27-21(26-20)18(15-25-27)17(19)14-16/h7-9,13-15,23H,1-6,10-12H2,(H,24,26). The number of nitrogens with one attached hydrogen (secondary N) is 2. The summed E-state index contributed by atoms with van der Waals surface area (Å²) >= 11 is 0. The van der Waals surface area contributed by atoms with Gasteiger partial charge in [-0.2, -0.15) is 5.10 Å². The van der Waals surface area contributed by atoms with Crippen molar-refractivity contribution in [1.29, 1.82) is 0 Å². The Hall–Kier alpha value is -2.47. The summed E-state index contributed by atoms with van der Waals surface area (Å²) in [5.74, 6) is 0.552. The van der Waals surface area contributed by atoms with Gasteiger partial charge in [0.05, 0.1) is 6.20 Å². The lowest BCUT2D eigenvalue weighted by Gasteiger charge is -2.10. The number of hydrogen-bond acceptors (Lipinski definition) is 4. The van der Waals surface area contributed by atoms with E-state index in [1.807, 2.05) is 24.4 Å². The molecule has 0 amide bonds. The van der Waals surface area contributed by atoms with Crippen LogP contribution in [0.2, 0.25) is 0 Å². The average molecular weight is 367 g/mol. The Morgan fingerprint density at radius 3 is 2.78 bits per heavy atom. The molecule has 1 aliphatic rings. The molecule has 2 N–H and O–H groups in total. The minimum atomic E-state index is -0.229. The SMILES string of the molecule is Fc1ccc2cc1-c1cnn3ccc(nc13)NCCNCCCCCCC2. The molecule has 0 radical (unpaired) electrons. The third-order valence-electron chi connectivity index (χ3n) is 5.12. The Bertz CT molecular complexity index is 905. The number of benzene rings is 1. The van der Waals surface area contributed by atoms with Crippen LogP contribution < -0.4 is 10.6 Å². The molecular formula is C21H26FN5. The van der Waals surface area contributed by atoms with E-state index in [9.17, 15) is 4.39 Å². The van der Waals surface area contributed by atoms with Gasteiger partial charge in [0.25, 0.3) is 0 Å². The molecule has 0 spiro atoms. The van der Waals surface area contributed by atoms with Gasteiger partial charge in [0.1, 0.15) is 11.6 Å². The van der Waals surface area contributed by atoms with Crippen molar-refractivity contribution in [3.05, 3.63) is 48.0 Å². The van der Waals surface area contributed by atoms with Crippen molar-refractivity contribution in [2.24, 2.45) is 0 Å². The molecule has 6 heteroatoms. The fourth-order valence-electron chi connectivity index (χ4n) is 3.61. The Kier molecular flexibility index (Phi) is 5.63. The minimum Gasteiger partial charge on any atom is -0.369 e. The molecule has 3 aromatic rings. The van der Waals surface area contributed by atoms with Gasteiger partial charge in [-0.1, -0.05) is 25.3 Å². The fourth-order valence-corrected chi connectivity index (χ4v) is 3.61. The maximum Gasteiger partial charge on any atom is 0.165 e. The van der Waals surface area contributed by atoms with E-state index in [4.69, 9.17) is 0 Å². The molecule has 0 fully saturated rings. The summed E-state index contributed by atoms with van der Waals surface area (Å²) in [4.78, 5) is 4.67. The predicted octanol–water partition coefficient (Wildman–Crippen LogP) is 4.04. The summed E-state index contributed by atoms with van der Waals surface area (Å²) in [6.07, 6.45) is 10.6. The van der Waals surface area contributed by atoms with E-state index in [-0.39, 0.29) is 5.82 Å². The molecule has 27 heavy (non-hydrogen) atoms. The first-order valence-corrected chi connectivity index (χ1v) is 9.89. The highest BCUT2D eigenvalue weighted by atomic mass is 19.1. The Labute approximate surface area is 159 Å². The van der Waals surface area contributed by atoms with E-state index in [1.54, 1.807) is 16.8 Å². The molecule has 2 aromatic heterocycles. The van der Waals surface area contributed by atoms with Gasteiger partial charge in [-0.25, -0.2) is 13.9 Å². The van der Waals surface area contributed by atoms with Crippen LogP contribution in [0.1, 0.15) is 37.7 Å². The van der Waals surface area contributed by atoms with E-state index in [1.165, 1.54) is 31.2 Å². The highest BCUT2D eigenvalue weighted by Crippen LogP contribution is 2.28. The van der Waals surface area contributed by atoms with Gasteiger partial charge < -0.3 is 10.6 Å². The van der Waals surface area contributed by atoms with E-state index in [0.717, 1.165) is 43.9 Å². The Balaban J connectivity index is 1.68. The van der Waals surface area contributed by atoms with E-state index >= 15 is 0 Å². The summed E-state index contributed by atoms with van der Waals surface area (Å²) in [7, 11) is 0. The van der Waals surface area contributed by atoms with E-state index in [0.29, 0.717) is 11.2 Å². The zero-order chi connectivity index (χ0) is 18.5. The molecule has 0 atom stereocenters. The first-order chi connectivity index (χ1) is 13.3. The van der Waals surface area contributed by atoms with Crippen LogP contribution in [-0.4, -0.2) is 34.2 Å². The van der Waals surface area contributed by atoms with E-state index < -0.39 is 0 Å². The molecule has 1 aliphatic heterocycles. The van der Waals surface area contributed by atoms with Crippen LogP contribution in [0.3, 0.4) is 0 Å². The zero-order valence-corrected chi connectivity index (χ0v) is 15.5. The number of aromatic nitrogens is 3. The second-order valence-corrected chi connectivity index (χ2v) is 7.15. The van der Waals surface area contributed by atoms with Crippen LogP contribution >= 0.6 is 0 Å². The van der Waals surface area contributed by atoms with Crippen LogP contribution in [-0.2, 0) is 6.42 Å². The van der Waals surface area contributed by atoms with Gasteiger partial charge in [-0.15, -0.1) is 0 Å². The van der Waals surface area contributed by atoms with Gasteiger partial charge in [0.2, 0.25) is 0 Å². The lowest BCUT2D eigenvalue weighted by atomic mass is 10.0. The van der Waals surface area contributed by atoms with Gasteiger partial charge >= 0.3 is 0 Å². The molecule has 0 unspecified atom stereocenters. The van der Waals surface area contributed by atoms with Crippen molar-refractivity contribution in [3.63, 3.8) is 0 Å². The van der Waals surface area contributed by atoms with Crippen LogP contribution in [0.15, 0.2) is 36.7 Å². The molecule has 0 aliphatic carbocycles. The van der Waals surface area contributed by atoms with Gasteiger partial charge in [0, 0.05) is 30.4 Å². The van der Waals surface area contributed by atoms with Gasteiger partial charge in [-0.05, 0) is 49.6 Å². The second-order valence-electron chi connectivity index (χ2n) is 7.15. The summed E-state index contributed by atoms with van der Waals surface area (Å²) in [6.45, 7) is 2.76. The first-order valence-electron chi connectivity index (χ1n) is 9.89. The van der Waals surface area contributed by atoms with E-state index in [2.05, 4.69) is 20.7 Å². The predicted molar refractivity (Wildman–Crippen MR) is 107 cm³/mol. The quantitative estimate of drug-likeness (QED) is 0.630. The zero-order valence-electron chi connectivity index (χ0n) is 15.5. The fraction of sp³-hybridized carbons (Fsp3) is 0.429. The third kappa shape index (κ3) is 4.27. The average Bonchev–Trinajstić information content (AvgIpc) is 3.10. The first kappa shape index (κ1) is 17.9. The summed E-state index contributed by atoms with van der Waals surface area (Å²) in [6, 6.07) is 7.32. The minimum absolute atomic E-state index is 0.229. The molecule has 4 rings (SSSR count). The van der Waals surface area contributed by atoms with Crippen molar-refractivity contribution in [2.45, 2.75) is 38.5 Å². The number of nitrogens with zero attached hydrogens (tertiary/aromatic N) is 3. The number of anilines is 1. The molecule has 1 aromatic carbocycles. The molecule has 0 saturated heterocycles. The lowest BCUT2D eigenvalue weighted by Crippen LogP contribution is -2.23. The maximum atomic E-state index is 14.6. The number of fused-ring (bicyclic) bond motifs is 4. The van der Waals surface area contributed by atoms with Crippen molar-refractivity contribution < 1.29 is 4.39 Å². The molecule has 4 bridgehead atoms. The number of aryl methyl sites for hydroxylation is 1. The van der Waals surface area contributed by atoms with Crippen LogP contribution in [0.5, 0.6) is 0 Å². The van der Waals surface area contributed by atoms with Crippen LogP contribution in [0.25, 0.3) is 16.8 Å². The largest absolute Gasteiger partial charge is 0.369 e. The maximum absolute atomic E-state index is 14.6. The Morgan fingerprint density at radius 2 is 1.81 bits per heavy atom. The van der Waals surface area contributed by atoms with Crippen molar-refractivity contribution >= 4 is 11.5 Å². The summed E-state index contributed by atoms with van der Waals surface area (Å²) < 4.78 is 16.3. The smallest absolute Gasteiger partial charge is 0.165 e. The molecular weight excluding hydrogens is 341 g/mol. The normalized spacial score (nSPS) is 16.6. The number of halogens is 1. The molecule has 0 saturated carbocycles. The van der Waals surface area contributed by atoms with Crippen LogP contribution in [0, 0.1) is 5.82 Å². The highest BCUT2D eigenvalue weighted by Gasteiger charge is 2.14. The summed E-state index contributed by atoms with van der Waals surface area (Å²) in [5, 5.41) is 11.2. The van der Waals surface area contributed by atoms with Crippen molar-refractivity contribution in [2.75, 3.05) is 25.0 Å². The number of hydrogen-bond donors (Lipinski definition) is 2. The Morgan fingerprint density at radius 1 is 0.926 bits per heavy atom. The third-order valence-corrected chi connectivity index (χ3v) is 5.12. The molecule has 142 valence electrons. The summed E-state index contributed by atoms with van der Waals surface area (Å²) in [5.41, 5.74) is 3.15. The lowest BCUT2D eigenvalue weighted by molar-refractivity contribution is 0.579. The molecule has 3 heterocycles. The van der Waals surface area contributed by atoms with Crippen LogP contribution in [0.4, 0.5) is 10.2 Å².